The van der Waals surface area contributed by atoms with Gasteiger partial charge in [0.1, 0.15) is 0 Å². The van der Waals surface area contributed by atoms with E-state index in [2.05, 4.69) is 28.5 Å². The van der Waals surface area contributed by atoms with E-state index in [1.54, 1.807) is 11.8 Å². The van der Waals surface area contributed by atoms with E-state index in [0.717, 1.165) is 47.3 Å². The maximum absolute atomic E-state index is 12.7. The number of hydrogen-bond donors (Lipinski definition) is 1. The van der Waals surface area contributed by atoms with E-state index in [1.165, 1.54) is 16.9 Å². The summed E-state index contributed by atoms with van der Waals surface area (Å²) in [6, 6.07) is 7.97. The first-order valence-electron chi connectivity index (χ1n) is 7.64. The van der Waals surface area contributed by atoms with Gasteiger partial charge in [-0.15, -0.1) is 10.2 Å². The number of carbonyl (C=O) groups excluding carboxylic acids is 1. The van der Waals surface area contributed by atoms with Crippen LogP contribution in [-0.2, 0) is 6.42 Å². The van der Waals surface area contributed by atoms with Gasteiger partial charge in [-0.1, -0.05) is 54.3 Å². The van der Waals surface area contributed by atoms with E-state index in [0.29, 0.717) is 0 Å². The molecule has 1 aliphatic rings. The molecule has 0 amide bonds. The Kier molecular flexibility index (Phi) is 5.10. The van der Waals surface area contributed by atoms with E-state index >= 15 is 0 Å². The van der Waals surface area contributed by atoms with Gasteiger partial charge in [-0.05, 0) is 31.2 Å². The fraction of sp³-hybridized carbons (Fsp3) is 0.438. The molecule has 1 heterocycles. The number of hydrogen-bond acceptors (Lipinski definition) is 6. The van der Waals surface area contributed by atoms with Crippen LogP contribution in [0.1, 0.15) is 42.1 Å². The Hall–Kier alpha value is -1.40. The number of fused-ring (bicyclic) bond motifs is 1. The van der Waals surface area contributed by atoms with Crippen molar-refractivity contribution in [3.8, 4) is 0 Å². The quantitative estimate of drug-likeness (QED) is 0.837. The highest BCUT2D eigenvalue weighted by Gasteiger charge is 2.27. The predicted octanol–water partition coefficient (Wildman–Crippen LogP) is 4.04. The van der Waals surface area contributed by atoms with Crippen LogP contribution in [0.15, 0.2) is 28.6 Å². The molecule has 0 saturated carbocycles. The van der Waals surface area contributed by atoms with E-state index in [9.17, 15) is 4.79 Å². The van der Waals surface area contributed by atoms with Crippen molar-refractivity contribution in [2.24, 2.45) is 0 Å². The molecule has 2 aromatic rings. The molecule has 0 fully saturated rings. The van der Waals surface area contributed by atoms with Gasteiger partial charge in [0.15, 0.2) is 10.1 Å². The Balaban J connectivity index is 1.72. The van der Waals surface area contributed by atoms with Crippen LogP contribution < -0.4 is 5.32 Å². The van der Waals surface area contributed by atoms with Crippen molar-refractivity contribution in [1.82, 2.24) is 10.2 Å². The molecule has 3 rings (SSSR count). The van der Waals surface area contributed by atoms with E-state index in [-0.39, 0.29) is 11.0 Å². The number of aryl methyl sites for hydroxylation is 1. The lowest BCUT2D eigenvalue weighted by Gasteiger charge is -2.10. The second kappa shape index (κ2) is 7.24. The Morgan fingerprint density at radius 2 is 2.23 bits per heavy atom. The van der Waals surface area contributed by atoms with E-state index in [4.69, 9.17) is 0 Å². The summed E-state index contributed by atoms with van der Waals surface area (Å²) in [6.45, 7) is 3.01. The van der Waals surface area contributed by atoms with Crippen molar-refractivity contribution in [3.63, 3.8) is 0 Å². The highest BCUT2D eigenvalue weighted by Crippen LogP contribution is 2.35. The number of anilines is 1. The van der Waals surface area contributed by atoms with Crippen LogP contribution in [0, 0.1) is 0 Å². The van der Waals surface area contributed by atoms with Crippen molar-refractivity contribution >= 4 is 34.0 Å². The third-order valence-corrected chi connectivity index (χ3v) is 5.90. The third-order valence-electron chi connectivity index (χ3n) is 3.66. The lowest BCUT2D eigenvalue weighted by molar-refractivity contribution is 0.0988. The molecule has 1 N–H and O–H groups in total. The van der Waals surface area contributed by atoms with Crippen LogP contribution in [0.25, 0.3) is 0 Å². The van der Waals surface area contributed by atoms with Gasteiger partial charge in [0.05, 0.1) is 5.25 Å². The molecule has 4 nitrogen and oxygen atoms in total. The van der Waals surface area contributed by atoms with Gasteiger partial charge in [-0.2, -0.15) is 0 Å². The van der Waals surface area contributed by atoms with Crippen molar-refractivity contribution in [3.05, 3.63) is 35.4 Å². The number of benzene rings is 1. The standard InChI is InChI=1S/C16H19N3OS2/c1-2-10-17-15-18-19-16(22-15)21-13-9-5-7-11-6-3-4-8-12(11)14(13)20/h3-4,6,8,13H,2,5,7,9-10H2,1H3,(H,17,18). The van der Waals surface area contributed by atoms with Gasteiger partial charge >= 0.3 is 0 Å². The molecule has 6 heteroatoms. The molecule has 0 bridgehead atoms. The predicted molar refractivity (Wildman–Crippen MR) is 92.0 cm³/mol. The number of Topliss-reactive ketones (excluding diaryl/α,β-unsaturated/α-hetero) is 1. The molecule has 116 valence electrons. The first kappa shape index (κ1) is 15.5. The smallest absolute Gasteiger partial charge is 0.206 e. The maximum Gasteiger partial charge on any atom is 0.206 e. The second-order valence-electron chi connectivity index (χ2n) is 5.32. The molecule has 0 aliphatic heterocycles. The van der Waals surface area contributed by atoms with Crippen LogP contribution in [0.3, 0.4) is 0 Å². The molecule has 22 heavy (non-hydrogen) atoms. The summed E-state index contributed by atoms with van der Waals surface area (Å²) in [5.41, 5.74) is 2.06. The van der Waals surface area contributed by atoms with Crippen molar-refractivity contribution in [1.29, 1.82) is 0 Å². The first-order chi connectivity index (χ1) is 10.8. The van der Waals surface area contributed by atoms with Crippen molar-refractivity contribution in [2.45, 2.75) is 42.2 Å². The molecule has 1 aliphatic carbocycles. The molecular formula is C16H19N3OS2. The summed E-state index contributed by atoms with van der Waals surface area (Å²) < 4.78 is 0.872. The lowest BCUT2D eigenvalue weighted by atomic mass is 10.0. The second-order valence-corrected chi connectivity index (χ2v) is 7.75. The van der Waals surface area contributed by atoms with Gasteiger partial charge in [-0.3, -0.25) is 4.79 Å². The summed E-state index contributed by atoms with van der Waals surface area (Å²) in [6.07, 6.45) is 3.98. The minimum absolute atomic E-state index is 0.0457. The van der Waals surface area contributed by atoms with Gasteiger partial charge < -0.3 is 5.32 Å². The number of rotatable bonds is 5. The molecule has 1 aromatic heterocycles. The molecular weight excluding hydrogens is 314 g/mol. The average Bonchev–Trinajstić information content (AvgIpc) is 2.92. The topological polar surface area (TPSA) is 54.9 Å². The zero-order valence-corrected chi connectivity index (χ0v) is 14.2. The largest absolute Gasteiger partial charge is 0.360 e. The highest BCUT2D eigenvalue weighted by atomic mass is 32.2. The Morgan fingerprint density at radius 3 is 3.09 bits per heavy atom. The normalized spacial score (nSPS) is 17.9. The zero-order valence-electron chi connectivity index (χ0n) is 12.5. The van der Waals surface area contributed by atoms with Crippen LogP contribution in [0.5, 0.6) is 0 Å². The minimum Gasteiger partial charge on any atom is -0.360 e. The van der Waals surface area contributed by atoms with Gasteiger partial charge in [0.2, 0.25) is 5.13 Å². The zero-order chi connectivity index (χ0) is 15.4. The maximum atomic E-state index is 12.7. The SMILES string of the molecule is CCCNc1nnc(SC2CCCc3ccccc3C2=O)s1. The van der Waals surface area contributed by atoms with Crippen LogP contribution in [0.4, 0.5) is 5.13 Å². The molecule has 1 aromatic carbocycles. The highest BCUT2D eigenvalue weighted by molar-refractivity contribution is 8.02. The molecule has 0 spiro atoms. The Morgan fingerprint density at radius 1 is 1.36 bits per heavy atom. The number of thioether (sulfide) groups is 1. The first-order valence-corrected chi connectivity index (χ1v) is 9.33. The number of ketones is 1. The number of carbonyl (C=O) groups is 1. The summed E-state index contributed by atoms with van der Waals surface area (Å²) in [5, 5.41) is 12.4. The van der Waals surface area contributed by atoms with Crippen molar-refractivity contribution in [2.75, 3.05) is 11.9 Å². The van der Waals surface area contributed by atoms with Crippen LogP contribution >= 0.6 is 23.1 Å². The summed E-state index contributed by atoms with van der Waals surface area (Å²) in [4.78, 5) is 12.7. The van der Waals surface area contributed by atoms with Gasteiger partial charge in [0, 0.05) is 12.1 Å². The number of nitrogens with zero attached hydrogens (tertiary/aromatic N) is 2. The molecule has 0 saturated heterocycles. The van der Waals surface area contributed by atoms with Crippen LogP contribution in [-0.4, -0.2) is 27.8 Å². The summed E-state index contributed by atoms with van der Waals surface area (Å²) in [7, 11) is 0. The fourth-order valence-electron chi connectivity index (χ4n) is 2.56. The Labute approximate surface area is 138 Å². The van der Waals surface area contributed by atoms with Crippen LogP contribution in [0.2, 0.25) is 0 Å². The summed E-state index contributed by atoms with van der Waals surface area (Å²) in [5.74, 6) is 0.233. The van der Waals surface area contributed by atoms with Gasteiger partial charge in [-0.25, -0.2) is 0 Å². The minimum atomic E-state index is -0.0457. The number of aromatic nitrogens is 2. The van der Waals surface area contributed by atoms with E-state index < -0.39 is 0 Å². The number of nitrogens with one attached hydrogen (secondary N) is 1. The lowest BCUT2D eigenvalue weighted by Crippen LogP contribution is -2.16. The summed E-state index contributed by atoms with van der Waals surface area (Å²) >= 11 is 3.09. The monoisotopic (exact) mass is 333 g/mol. The van der Waals surface area contributed by atoms with Gasteiger partial charge in [0.25, 0.3) is 0 Å². The Bertz CT molecular complexity index is 656. The molecule has 0 radical (unpaired) electrons. The van der Waals surface area contributed by atoms with E-state index in [1.807, 2.05) is 18.2 Å². The molecule has 1 unspecified atom stereocenters. The average molecular weight is 333 g/mol. The van der Waals surface area contributed by atoms with Crippen molar-refractivity contribution < 1.29 is 4.79 Å². The third kappa shape index (κ3) is 3.50. The molecule has 1 atom stereocenters. The fourth-order valence-corrected chi connectivity index (χ4v) is 4.69.